The lowest BCUT2D eigenvalue weighted by molar-refractivity contribution is 0.308. The maximum Gasteiger partial charge on any atom is 0.119 e. The van der Waals surface area contributed by atoms with Crippen molar-refractivity contribution in [2.45, 2.75) is 19.9 Å². The molecule has 0 bridgehead atoms. The highest BCUT2D eigenvalue weighted by Crippen LogP contribution is 2.18. The molecule has 0 aliphatic heterocycles. The van der Waals surface area contributed by atoms with Crippen molar-refractivity contribution in [3.63, 3.8) is 0 Å². The molecule has 2 aromatic carbocycles. The van der Waals surface area contributed by atoms with Gasteiger partial charge in [-0.15, -0.1) is 0 Å². The fourth-order valence-electron chi connectivity index (χ4n) is 1.92. The Kier molecular flexibility index (Phi) is 6.09. The lowest BCUT2D eigenvalue weighted by Crippen LogP contribution is -2.17. The Balaban J connectivity index is 1.62. The van der Waals surface area contributed by atoms with Gasteiger partial charge in [-0.1, -0.05) is 46.3 Å². The van der Waals surface area contributed by atoms with Gasteiger partial charge >= 0.3 is 0 Å². The second-order valence-corrected chi connectivity index (χ2v) is 5.64. The van der Waals surface area contributed by atoms with Crippen molar-refractivity contribution in [3.05, 3.63) is 64.1 Å². The molecule has 0 spiro atoms. The van der Waals surface area contributed by atoms with Crippen LogP contribution in [0.5, 0.6) is 5.75 Å². The maximum atomic E-state index is 5.65. The first-order valence-electron chi connectivity index (χ1n) is 6.89. The fraction of sp³-hybridized carbons (Fsp3) is 0.294. The van der Waals surface area contributed by atoms with E-state index in [1.165, 1.54) is 15.6 Å². The van der Waals surface area contributed by atoms with Crippen LogP contribution >= 0.6 is 15.9 Å². The van der Waals surface area contributed by atoms with E-state index in [1.54, 1.807) is 0 Å². The molecule has 0 saturated heterocycles. The van der Waals surface area contributed by atoms with Crippen LogP contribution in [0, 0.1) is 6.92 Å². The van der Waals surface area contributed by atoms with Crippen molar-refractivity contribution in [3.8, 4) is 5.75 Å². The highest BCUT2D eigenvalue weighted by Gasteiger charge is 1.99. The van der Waals surface area contributed by atoms with Crippen LogP contribution < -0.4 is 10.1 Å². The first-order chi connectivity index (χ1) is 9.75. The number of rotatable bonds is 7. The Labute approximate surface area is 129 Å². The zero-order valence-corrected chi connectivity index (χ0v) is 13.3. The largest absolute Gasteiger partial charge is 0.494 e. The van der Waals surface area contributed by atoms with E-state index in [2.05, 4.69) is 46.4 Å². The molecule has 3 heteroatoms. The third-order valence-corrected chi connectivity index (χ3v) is 3.77. The number of hydrogen-bond donors (Lipinski definition) is 1. The summed E-state index contributed by atoms with van der Waals surface area (Å²) in [6, 6.07) is 16.4. The van der Waals surface area contributed by atoms with E-state index in [9.17, 15) is 0 Å². The average Bonchev–Trinajstić information content (AvgIpc) is 2.46. The number of aryl methyl sites for hydroxylation is 1. The average molecular weight is 334 g/mol. The van der Waals surface area contributed by atoms with Crippen LogP contribution in [0.25, 0.3) is 0 Å². The van der Waals surface area contributed by atoms with Gasteiger partial charge in [-0.2, -0.15) is 0 Å². The second kappa shape index (κ2) is 8.08. The molecule has 0 heterocycles. The summed E-state index contributed by atoms with van der Waals surface area (Å²) in [5.74, 6) is 0.939. The molecule has 2 aromatic rings. The molecule has 0 radical (unpaired) electrons. The highest BCUT2D eigenvalue weighted by molar-refractivity contribution is 9.10. The summed E-state index contributed by atoms with van der Waals surface area (Å²) in [4.78, 5) is 0. The van der Waals surface area contributed by atoms with E-state index < -0.39 is 0 Å². The number of halogens is 1. The van der Waals surface area contributed by atoms with E-state index in [0.29, 0.717) is 0 Å². The zero-order chi connectivity index (χ0) is 14.2. The van der Waals surface area contributed by atoms with E-state index in [4.69, 9.17) is 4.74 Å². The van der Waals surface area contributed by atoms with Crippen LogP contribution in [0.2, 0.25) is 0 Å². The van der Waals surface area contributed by atoms with Crippen LogP contribution in [-0.2, 0) is 6.54 Å². The molecule has 2 nitrogen and oxygen atoms in total. The quantitative estimate of drug-likeness (QED) is 0.762. The molecule has 0 amide bonds. The van der Waals surface area contributed by atoms with Gasteiger partial charge in [0.05, 0.1) is 6.61 Å². The Morgan fingerprint density at radius 2 is 1.90 bits per heavy atom. The van der Waals surface area contributed by atoms with Crippen molar-refractivity contribution >= 4 is 15.9 Å². The second-order valence-electron chi connectivity index (χ2n) is 4.79. The number of para-hydroxylation sites is 1. The molecular formula is C17H20BrNO. The van der Waals surface area contributed by atoms with E-state index in [1.807, 2.05) is 30.3 Å². The van der Waals surface area contributed by atoms with Gasteiger partial charge in [-0.05, 0) is 49.2 Å². The predicted molar refractivity (Wildman–Crippen MR) is 87.1 cm³/mol. The lowest BCUT2D eigenvalue weighted by atomic mass is 10.1. The van der Waals surface area contributed by atoms with Crippen LogP contribution in [0.3, 0.4) is 0 Å². The summed E-state index contributed by atoms with van der Waals surface area (Å²) >= 11 is 3.60. The van der Waals surface area contributed by atoms with Crippen LogP contribution in [0.4, 0.5) is 0 Å². The molecule has 1 N–H and O–H groups in total. The molecule has 106 valence electrons. The monoisotopic (exact) mass is 333 g/mol. The number of benzene rings is 2. The summed E-state index contributed by atoms with van der Waals surface area (Å²) in [6.07, 6.45) is 0.998. The van der Waals surface area contributed by atoms with Crippen molar-refractivity contribution in [1.29, 1.82) is 0 Å². The summed E-state index contributed by atoms with van der Waals surface area (Å²) < 4.78 is 6.82. The van der Waals surface area contributed by atoms with Crippen molar-refractivity contribution in [2.75, 3.05) is 13.2 Å². The Morgan fingerprint density at radius 1 is 1.10 bits per heavy atom. The van der Waals surface area contributed by atoms with Crippen LogP contribution in [0.1, 0.15) is 17.5 Å². The molecule has 0 aliphatic rings. The molecule has 0 aromatic heterocycles. The van der Waals surface area contributed by atoms with Gasteiger partial charge in [-0.25, -0.2) is 0 Å². The van der Waals surface area contributed by atoms with Crippen LogP contribution in [0.15, 0.2) is 53.0 Å². The first kappa shape index (κ1) is 15.1. The Morgan fingerprint density at radius 3 is 2.65 bits per heavy atom. The van der Waals surface area contributed by atoms with Crippen molar-refractivity contribution in [1.82, 2.24) is 5.32 Å². The summed E-state index contributed by atoms with van der Waals surface area (Å²) in [7, 11) is 0. The van der Waals surface area contributed by atoms with E-state index >= 15 is 0 Å². The minimum Gasteiger partial charge on any atom is -0.494 e. The number of ether oxygens (including phenoxy) is 1. The van der Waals surface area contributed by atoms with Crippen molar-refractivity contribution < 1.29 is 4.74 Å². The molecule has 2 rings (SSSR count). The third kappa shape index (κ3) is 4.99. The highest BCUT2D eigenvalue weighted by atomic mass is 79.9. The van der Waals surface area contributed by atoms with Crippen LogP contribution in [-0.4, -0.2) is 13.2 Å². The predicted octanol–water partition coefficient (Wildman–Crippen LogP) is 4.32. The maximum absolute atomic E-state index is 5.65. The number of hydrogen-bond acceptors (Lipinski definition) is 2. The minimum absolute atomic E-state index is 0.742. The molecular weight excluding hydrogens is 314 g/mol. The van der Waals surface area contributed by atoms with Gasteiger partial charge in [0.25, 0.3) is 0 Å². The summed E-state index contributed by atoms with van der Waals surface area (Å²) in [5.41, 5.74) is 2.57. The zero-order valence-electron chi connectivity index (χ0n) is 11.7. The smallest absolute Gasteiger partial charge is 0.119 e. The first-order valence-corrected chi connectivity index (χ1v) is 7.68. The van der Waals surface area contributed by atoms with Gasteiger partial charge in [0, 0.05) is 11.0 Å². The van der Waals surface area contributed by atoms with Gasteiger partial charge in [-0.3, -0.25) is 0 Å². The molecule has 0 saturated carbocycles. The molecule has 0 atom stereocenters. The molecule has 20 heavy (non-hydrogen) atoms. The topological polar surface area (TPSA) is 21.3 Å². The molecule has 0 unspecified atom stereocenters. The van der Waals surface area contributed by atoms with Gasteiger partial charge in [0.15, 0.2) is 0 Å². The Hall–Kier alpha value is -1.32. The lowest BCUT2D eigenvalue weighted by Gasteiger charge is -2.09. The van der Waals surface area contributed by atoms with E-state index in [0.717, 1.165) is 31.9 Å². The van der Waals surface area contributed by atoms with Gasteiger partial charge < -0.3 is 10.1 Å². The van der Waals surface area contributed by atoms with Gasteiger partial charge in [0.1, 0.15) is 5.75 Å². The minimum atomic E-state index is 0.742. The van der Waals surface area contributed by atoms with E-state index in [-0.39, 0.29) is 0 Å². The molecule has 0 fully saturated rings. The van der Waals surface area contributed by atoms with Gasteiger partial charge in [0.2, 0.25) is 0 Å². The number of nitrogens with one attached hydrogen (secondary N) is 1. The Bertz CT molecular complexity index is 528. The summed E-state index contributed by atoms with van der Waals surface area (Å²) in [6.45, 7) is 4.67. The third-order valence-electron chi connectivity index (χ3n) is 3.03. The van der Waals surface area contributed by atoms with Crippen molar-refractivity contribution in [2.24, 2.45) is 0 Å². The standard InChI is InChI=1S/C17H20BrNO/c1-14-8-9-15(17(18)12-14)13-19-10-5-11-20-16-6-3-2-4-7-16/h2-4,6-9,12,19H,5,10-11,13H2,1H3. The molecule has 0 aliphatic carbocycles. The normalized spacial score (nSPS) is 10.5. The SMILES string of the molecule is Cc1ccc(CNCCCOc2ccccc2)c(Br)c1. The fourth-order valence-corrected chi connectivity index (χ4v) is 2.56. The summed E-state index contributed by atoms with van der Waals surface area (Å²) in [5, 5.41) is 3.44.